The van der Waals surface area contributed by atoms with Gasteiger partial charge in [0.05, 0.1) is 21.3 Å². The number of hydrogen-bond donors (Lipinski definition) is 3. The summed E-state index contributed by atoms with van der Waals surface area (Å²) >= 11 is 0. The lowest BCUT2D eigenvalue weighted by atomic mass is 9.97. The van der Waals surface area contributed by atoms with Crippen molar-refractivity contribution < 1.29 is 47.7 Å². The highest BCUT2D eigenvalue weighted by Gasteiger charge is 2.26. The minimum absolute atomic E-state index is 0.0914. The number of aromatic nitrogens is 3. The number of ether oxygens (including phenoxy) is 5. The molecule has 0 atom stereocenters. The predicted octanol–water partition coefficient (Wildman–Crippen LogP) is 6.81. The highest BCUT2D eigenvalue weighted by molar-refractivity contribution is 5.90. The number of carbonyl (C=O) groups excluding carboxylic acids is 5. The molecule has 13 nitrogen and oxygen atoms in total. The van der Waals surface area contributed by atoms with Gasteiger partial charge in [0.25, 0.3) is 0 Å². The summed E-state index contributed by atoms with van der Waals surface area (Å²) < 4.78 is 26.2. The monoisotopic (exact) mass is 793 g/mol. The lowest BCUT2D eigenvalue weighted by Gasteiger charge is -2.08. The first-order valence-electron chi connectivity index (χ1n) is 19.2. The zero-order valence-electron chi connectivity index (χ0n) is 33.9. The van der Waals surface area contributed by atoms with Gasteiger partial charge < -0.3 is 38.6 Å². The molecule has 0 aliphatic rings. The molecule has 13 heteroatoms. The first-order chi connectivity index (χ1) is 27.9. The van der Waals surface area contributed by atoms with Crippen LogP contribution in [0.4, 0.5) is 0 Å². The van der Waals surface area contributed by atoms with E-state index >= 15 is 0 Å². The van der Waals surface area contributed by atoms with Crippen molar-refractivity contribution in [3.05, 3.63) is 139 Å². The number of esters is 5. The van der Waals surface area contributed by atoms with Gasteiger partial charge in [-0.25, -0.2) is 9.59 Å². The number of carbonyl (C=O) groups is 5. The Morgan fingerprint density at radius 1 is 0.466 bits per heavy atom. The quantitative estimate of drug-likeness (QED) is 0.0594. The van der Waals surface area contributed by atoms with Crippen LogP contribution in [-0.2, 0) is 83.4 Å². The Hall–Kier alpha value is -6.37. The number of benzene rings is 2. The van der Waals surface area contributed by atoms with E-state index in [9.17, 15) is 24.0 Å². The summed E-state index contributed by atoms with van der Waals surface area (Å²) in [5.41, 5.74) is 10.0. The smallest absolute Gasteiger partial charge is 0.355 e. The molecule has 0 saturated carbocycles. The maximum atomic E-state index is 13.5. The molecule has 3 N–H and O–H groups in total. The summed E-state index contributed by atoms with van der Waals surface area (Å²) in [6, 6.07) is 18.8. The van der Waals surface area contributed by atoms with Crippen LogP contribution in [0.25, 0.3) is 0 Å². The second kappa shape index (κ2) is 20.2. The van der Waals surface area contributed by atoms with Crippen molar-refractivity contribution in [1.29, 1.82) is 0 Å². The van der Waals surface area contributed by atoms with Crippen molar-refractivity contribution in [3.63, 3.8) is 0 Å². The Morgan fingerprint density at radius 2 is 0.810 bits per heavy atom. The van der Waals surface area contributed by atoms with Crippen molar-refractivity contribution in [2.75, 3.05) is 21.3 Å². The van der Waals surface area contributed by atoms with E-state index in [4.69, 9.17) is 23.7 Å². The fraction of sp³-hybridized carbons (Fsp3) is 0.356. The van der Waals surface area contributed by atoms with E-state index < -0.39 is 11.9 Å². The molecule has 0 aliphatic heterocycles. The molecule has 0 unspecified atom stereocenters. The van der Waals surface area contributed by atoms with Crippen molar-refractivity contribution in [2.24, 2.45) is 0 Å². The lowest BCUT2D eigenvalue weighted by molar-refractivity contribution is -0.141. The molecule has 306 valence electrons. The molecule has 3 heterocycles. The molecule has 58 heavy (non-hydrogen) atoms. The normalized spacial score (nSPS) is 10.9. The number of H-pyrrole nitrogens is 3. The van der Waals surface area contributed by atoms with E-state index in [0.717, 1.165) is 50.5 Å². The summed E-state index contributed by atoms with van der Waals surface area (Å²) in [5.74, 6) is -2.18. The van der Waals surface area contributed by atoms with Crippen LogP contribution >= 0.6 is 0 Å². The van der Waals surface area contributed by atoms with Crippen molar-refractivity contribution in [1.82, 2.24) is 15.0 Å². The van der Waals surface area contributed by atoms with E-state index in [1.54, 1.807) is 0 Å². The largest absolute Gasteiger partial charge is 0.469 e. The predicted molar refractivity (Wildman–Crippen MR) is 214 cm³/mol. The standard InChI is InChI=1S/C45H51N3O10/c1-27-32(17-20-39(49)54-4)36(24-38-34(19-22-41(51)56-6)29(3)43(48-38)45(53)58-26-31-15-11-8-12-16-31)46-35(27)23-37-33(18-21-40(50)55-5)28(2)42(47-37)44(52)57-25-30-13-9-7-10-14-30/h7-16,46-48H,17-26H2,1-6H3. The number of aromatic amines is 3. The highest BCUT2D eigenvalue weighted by atomic mass is 16.5. The van der Waals surface area contributed by atoms with E-state index in [1.807, 2.05) is 81.4 Å². The topological polar surface area (TPSA) is 179 Å². The minimum atomic E-state index is -0.527. The number of methoxy groups -OCH3 is 3. The van der Waals surface area contributed by atoms with Gasteiger partial charge in [0, 0.05) is 54.9 Å². The molecule has 5 aromatic rings. The molecule has 0 radical (unpaired) electrons. The molecule has 0 saturated heterocycles. The maximum absolute atomic E-state index is 13.5. The Morgan fingerprint density at radius 3 is 1.19 bits per heavy atom. The summed E-state index contributed by atoms with van der Waals surface area (Å²) in [7, 11) is 4.01. The van der Waals surface area contributed by atoms with Gasteiger partial charge >= 0.3 is 29.8 Å². The molecule has 0 spiro atoms. The molecule has 0 fully saturated rings. The second-order valence-electron chi connectivity index (χ2n) is 14.1. The SMILES string of the molecule is COC(=O)CCc1c(Cc2[nH]c(C(=O)OCc3ccccc3)c(C)c2CCC(=O)OC)[nH]c(Cc2[nH]c(C(=O)OCc3ccccc3)c(C)c2CCC(=O)OC)c1C. The van der Waals surface area contributed by atoms with Crippen LogP contribution in [-0.4, -0.2) is 66.1 Å². The first kappa shape index (κ1) is 42.8. The molecule has 0 bridgehead atoms. The molecule has 3 aromatic heterocycles. The van der Waals surface area contributed by atoms with Crippen LogP contribution in [0.1, 0.15) is 108 Å². The summed E-state index contributed by atoms with van der Waals surface area (Å²) in [6.45, 7) is 5.80. The van der Waals surface area contributed by atoms with E-state index in [1.165, 1.54) is 21.3 Å². The Labute approximate surface area is 337 Å². The van der Waals surface area contributed by atoms with Crippen LogP contribution in [0.5, 0.6) is 0 Å². The van der Waals surface area contributed by atoms with Crippen LogP contribution in [0.2, 0.25) is 0 Å². The number of hydrogen-bond acceptors (Lipinski definition) is 10. The number of nitrogens with one attached hydrogen (secondary N) is 3. The van der Waals surface area contributed by atoms with Crippen LogP contribution in [0, 0.1) is 20.8 Å². The molecule has 2 aromatic carbocycles. The summed E-state index contributed by atoms with van der Waals surface area (Å²) in [5, 5.41) is 0. The molecule has 0 aliphatic carbocycles. The Bertz CT molecular complexity index is 2230. The molecular weight excluding hydrogens is 743 g/mol. The van der Waals surface area contributed by atoms with Crippen molar-refractivity contribution >= 4 is 29.8 Å². The molecule has 5 rings (SSSR count). The Kier molecular flexibility index (Phi) is 14.9. The van der Waals surface area contributed by atoms with E-state index in [-0.39, 0.29) is 56.1 Å². The Balaban J connectivity index is 1.50. The lowest BCUT2D eigenvalue weighted by Crippen LogP contribution is -2.07. The maximum Gasteiger partial charge on any atom is 0.355 e. The van der Waals surface area contributed by atoms with Gasteiger partial charge in [-0.3, -0.25) is 14.4 Å². The summed E-state index contributed by atoms with van der Waals surface area (Å²) in [6.07, 6.45) is 1.97. The minimum Gasteiger partial charge on any atom is -0.469 e. The average molecular weight is 794 g/mol. The van der Waals surface area contributed by atoms with Gasteiger partial charge in [-0.05, 0) is 84.5 Å². The van der Waals surface area contributed by atoms with Crippen LogP contribution in [0.3, 0.4) is 0 Å². The van der Waals surface area contributed by atoms with Crippen LogP contribution < -0.4 is 0 Å². The van der Waals surface area contributed by atoms with Crippen molar-refractivity contribution in [3.8, 4) is 0 Å². The van der Waals surface area contributed by atoms with Crippen molar-refractivity contribution in [2.45, 2.75) is 85.4 Å². The van der Waals surface area contributed by atoms with Gasteiger partial charge in [-0.2, -0.15) is 0 Å². The highest BCUT2D eigenvalue weighted by Crippen LogP contribution is 2.31. The summed E-state index contributed by atoms with van der Waals surface area (Å²) in [4.78, 5) is 74.1. The van der Waals surface area contributed by atoms with Gasteiger partial charge in [-0.1, -0.05) is 60.7 Å². The van der Waals surface area contributed by atoms with Gasteiger partial charge in [0.15, 0.2) is 0 Å². The third-order valence-corrected chi connectivity index (χ3v) is 10.5. The molecular formula is C45H51N3O10. The average Bonchev–Trinajstić information content (AvgIpc) is 3.84. The zero-order valence-corrected chi connectivity index (χ0v) is 33.9. The fourth-order valence-electron chi connectivity index (χ4n) is 7.14. The third-order valence-electron chi connectivity index (χ3n) is 10.5. The van der Waals surface area contributed by atoms with E-state index in [2.05, 4.69) is 15.0 Å². The van der Waals surface area contributed by atoms with E-state index in [0.29, 0.717) is 54.6 Å². The second-order valence-corrected chi connectivity index (χ2v) is 14.1. The zero-order chi connectivity index (χ0) is 41.8. The van der Waals surface area contributed by atoms with Crippen LogP contribution in [0.15, 0.2) is 60.7 Å². The van der Waals surface area contributed by atoms with Gasteiger partial charge in [0.1, 0.15) is 24.6 Å². The number of rotatable bonds is 19. The fourth-order valence-corrected chi connectivity index (χ4v) is 7.14. The first-order valence-corrected chi connectivity index (χ1v) is 19.2. The third kappa shape index (κ3) is 10.7. The van der Waals surface area contributed by atoms with Gasteiger partial charge in [0.2, 0.25) is 0 Å². The van der Waals surface area contributed by atoms with Gasteiger partial charge in [-0.15, -0.1) is 0 Å². The molecule has 0 amide bonds.